The van der Waals surface area contributed by atoms with E-state index < -0.39 is 11.8 Å². The quantitative estimate of drug-likeness (QED) is 0.843. The van der Waals surface area contributed by atoms with Crippen molar-refractivity contribution in [2.45, 2.75) is 0 Å². The predicted octanol–water partition coefficient (Wildman–Crippen LogP) is 2.99. The molecule has 0 atom stereocenters. The van der Waals surface area contributed by atoms with Crippen molar-refractivity contribution in [3.8, 4) is 11.1 Å². The van der Waals surface area contributed by atoms with Gasteiger partial charge in [-0.25, -0.2) is 9.18 Å². The molecule has 0 radical (unpaired) electrons. The van der Waals surface area contributed by atoms with Crippen molar-refractivity contribution >= 4 is 12.0 Å². The van der Waals surface area contributed by atoms with E-state index in [1.165, 1.54) is 12.1 Å². The van der Waals surface area contributed by atoms with Crippen LogP contribution >= 0.6 is 0 Å². The average molecular weight is 243 g/mol. The maximum Gasteiger partial charge on any atom is 0.328 e. The van der Waals surface area contributed by atoms with Crippen LogP contribution in [0, 0.1) is 5.82 Å². The Kier molecular flexibility index (Phi) is 3.48. The van der Waals surface area contributed by atoms with Crippen molar-refractivity contribution in [1.29, 1.82) is 0 Å². The second-order valence-corrected chi connectivity index (χ2v) is 3.65. The normalized spacial score (nSPS) is 10.7. The molecule has 1 N–H and O–H groups in total. The van der Waals surface area contributed by atoms with E-state index in [2.05, 4.69) is 4.98 Å². The smallest absolute Gasteiger partial charge is 0.328 e. The molecule has 18 heavy (non-hydrogen) atoms. The Bertz CT molecular complexity index is 594. The fraction of sp³-hybridized carbons (Fsp3) is 0. The average Bonchev–Trinajstić information content (AvgIpc) is 2.37. The number of halogens is 1. The van der Waals surface area contributed by atoms with Gasteiger partial charge < -0.3 is 5.11 Å². The van der Waals surface area contributed by atoms with E-state index in [9.17, 15) is 9.18 Å². The summed E-state index contributed by atoms with van der Waals surface area (Å²) in [5, 5.41) is 8.49. The number of pyridine rings is 1. The number of benzene rings is 1. The molecule has 4 heteroatoms. The van der Waals surface area contributed by atoms with Gasteiger partial charge in [0.1, 0.15) is 5.82 Å². The van der Waals surface area contributed by atoms with E-state index in [4.69, 9.17) is 5.11 Å². The molecule has 0 saturated heterocycles. The first-order valence-electron chi connectivity index (χ1n) is 5.28. The molecule has 2 aromatic rings. The molecule has 0 aliphatic heterocycles. The van der Waals surface area contributed by atoms with Crippen molar-refractivity contribution < 1.29 is 14.3 Å². The molecule has 0 aliphatic rings. The van der Waals surface area contributed by atoms with Crippen LogP contribution in [0.1, 0.15) is 5.56 Å². The van der Waals surface area contributed by atoms with E-state index in [1.807, 2.05) is 0 Å². The van der Waals surface area contributed by atoms with Gasteiger partial charge in [0.2, 0.25) is 0 Å². The Hall–Kier alpha value is -2.49. The molecule has 3 nitrogen and oxygen atoms in total. The maximum atomic E-state index is 13.9. The van der Waals surface area contributed by atoms with Crippen LogP contribution in [-0.2, 0) is 4.79 Å². The number of aliphatic carboxylic acids is 1. The van der Waals surface area contributed by atoms with Gasteiger partial charge in [-0.1, -0.05) is 12.1 Å². The van der Waals surface area contributed by atoms with Gasteiger partial charge in [0.15, 0.2) is 0 Å². The minimum atomic E-state index is -1.06. The summed E-state index contributed by atoms with van der Waals surface area (Å²) in [5.41, 5.74) is 1.70. The molecule has 0 aliphatic carbocycles. The maximum absolute atomic E-state index is 13.9. The summed E-state index contributed by atoms with van der Waals surface area (Å²) in [7, 11) is 0. The van der Waals surface area contributed by atoms with E-state index >= 15 is 0 Å². The largest absolute Gasteiger partial charge is 0.478 e. The number of carbonyl (C=O) groups is 1. The van der Waals surface area contributed by atoms with Gasteiger partial charge in [-0.3, -0.25) is 4.98 Å². The van der Waals surface area contributed by atoms with Crippen molar-refractivity contribution in [2.75, 3.05) is 0 Å². The molecule has 0 fully saturated rings. The lowest BCUT2D eigenvalue weighted by Gasteiger charge is -2.03. The summed E-state index contributed by atoms with van der Waals surface area (Å²) in [6.45, 7) is 0. The molecular formula is C14H10FNO2. The van der Waals surface area contributed by atoms with Crippen molar-refractivity contribution in [1.82, 2.24) is 4.98 Å². The van der Waals surface area contributed by atoms with Gasteiger partial charge in [0, 0.05) is 24.0 Å². The minimum absolute atomic E-state index is 0.395. The minimum Gasteiger partial charge on any atom is -0.478 e. The molecule has 0 amide bonds. The number of aromatic nitrogens is 1. The highest BCUT2D eigenvalue weighted by molar-refractivity contribution is 5.85. The highest BCUT2D eigenvalue weighted by atomic mass is 19.1. The zero-order valence-corrected chi connectivity index (χ0v) is 9.38. The van der Waals surface area contributed by atoms with Gasteiger partial charge in [-0.05, 0) is 35.4 Å². The molecule has 0 unspecified atom stereocenters. The number of hydrogen-bond donors (Lipinski definition) is 1. The Labute approximate surface area is 103 Å². The van der Waals surface area contributed by atoms with Crippen LogP contribution < -0.4 is 0 Å². The molecule has 1 aromatic carbocycles. The van der Waals surface area contributed by atoms with E-state index in [0.29, 0.717) is 11.1 Å². The third-order valence-corrected chi connectivity index (χ3v) is 2.40. The van der Waals surface area contributed by atoms with Gasteiger partial charge >= 0.3 is 5.97 Å². The van der Waals surface area contributed by atoms with Crippen LogP contribution in [0.4, 0.5) is 4.39 Å². The number of rotatable bonds is 3. The lowest BCUT2D eigenvalue weighted by molar-refractivity contribution is -0.131. The monoisotopic (exact) mass is 243 g/mol. The highest BCUT2D eigenvalue weighted by Gasteiger charge is 2.04. The van der Waals surface area contributed by atoms with Crippen LogP contribution in [0.3, 0.4) is 0 Å². The summed E-state index contributed by atoms with van der Waals surface area (Å²) in [4.78, 5) is 14.2. The van der Waals surface area contributed by atoms with Crippen molar-refractivity contribution in [3.63, 3.8) is 0 Å². The number of hydrogen-bond acceptors (Lipinski definition) is 2. The summed E-state index contributed by atoms with van der Waals surface area (Å²) >= 11 is 0. The van der Waals surface area contributed by atoms with Crippen LogP contribution in [-0.4, -0.2) is 16.1 Å². The Morgan fingerprint density at radius 2 is 1.94 bits per heavy atom. The molecule has 1 aromatic heterocycles. The fourth-order valence-electron chi connectivity index (χ4n) is 1.57. The van der Waals surface area contributed by atoms with Crippen molar-refractivity contribution in [3.05, 3.63) is 60.2 Å². The van der Waals surface area contributed by atoms with Crippen LogP contribution in [0.15, 0.2) is 48.8 Å². The van der Waals surface area contributed by atoms with Gasteiger partial charge in [-0.2, -0.15) is 0 Å². The standard InChI is InChI=1S/C14H10FNO2/c15-13-9-10(2-4-14(17)18)1-3-12(13)11-5-7-16-8-6-11/h1-9H,(H,17,18). The van der Waals surface area contributed by atoms with Gasteiger partial charge in [0.05, 0.1) is 0 Å². The van der Waals surface area contributed by atoms with E-state index in [1.54, 1.807) is 36.7 Å². The first kappa shape index (κ1) is 12.0. The Balaban J connectivity index is 2.34. The number of carboxylic acid groups (broad SMARTS) is 1. The van der Waals surface area contributed by atoms with Crippen molar-refractivity contribution in [2.24, 2.45) is 0 Å². The molecule has 2 rings (SSSR count). The van der Waals surface area contributed by atoms with Gasteiger partial charge in [-0.15, -0.1) is 0 Å². The molecule has 0 bridgehead atoms. The molecule has 1 heterocycles. The Morgan fingerprint density at radius 3 is 2.56 bits per heavy atom. The van der Waals surface area contributed by atoms with E-state index in [-0.39, 0.29) is 0 Å². The molecule has 0 saturated carbocycles. The fourth-order valence-corrected chi connectivity index (χ4v) is 1.57. The van der Waals surface area contributed by atoms with Crippen LogP contribution in [0.25, 0.3) is 17.2 Å². The summed E-state index contributed by atoms with van der Waals surface area (Å²) in [6, 6.07) is 8.01. The lowest BCUT2D eigenvalue weighted by Crippen LogP contribution is -1.88. The second kappa shape index (κ2) is 5.23. The molecular weight excluding hydrogens is 233 g/mol. The zero-order valence-electron chi connectivity index (χ0n) is 9.38. The summed E-state index contributed by atoms with van der Waals surface area (Å²) in [6.07, 6.45) is 5.50. The lowest BCUT2D eigenvalue weighted by atomic mass is 10.0. The summed E-state index contributed by atoms with van der Waals surface area (Å²) < 4.78 is 13.9. The zero-order chi connectivity index (χ0) is 13.0. The third kappa shape index (κ3) is 2.79. The molecule has 90 valence electrons. The predicted molar refractivity (Wildman–Crippen MR) is 66.3 cm³/mol. The second-order valence-electron chi connectivity index (χ2n) is 3.65. The summed E-state index contributed by atoms with van der Waals surface area (Å²) in [5.74, 6) is -1.46. The Morgan fingerprint density at radius 1 is 1.22 bits per heavy atom. The van der Waals surface area contributed by atoms with E-state index in [0.717, 1.165) is 11.6 Å². The number of nitrogens with zero attached hydrogens (tertiary/aromatic N) is 1. The van der Waals surface area contributed by atoms with Crippen LogP contribution in [0.2, 0.25) is 0 Å². The topological polar surface area (TPSA) is 50.2 Å². The highest BCUT2D eigenvalue weighted by Crippen LogP contribution is 2.23. The van der Waals surface area contributed by atoms with Crippen LogP contribution in [0.5, 0.6) is 0 Å². The molecule has 0 spiro atoms. The third-order valence-electron chi connectivity index (χ3n) is 2.40. The first-order valence-corrected chi connectivity index (χ1v) is 5.28. The van der Waals surface area contributed by atoms with Gasteiger partial charge in [0.25, 0.3) is 0 Å². The first-order chi connectivity index (χ1) is 8.66. The number of carboxylic acids is 1. The SMILES string of the molecule is O=C(O)C=Cc1ccc(-c2ccncc2)c(F)c1.